The standard InChI is InChI=1S/C21H21NO10/c1-28-16(23)12-13(17(24)29-2)15(22-11-9-7-6-8-10-11)21(19(26)31-4,20(27)32-5)14(12)18(25)30-3/h6-10,22H,1-5H3. The van der Waals surface area contributed by atoms with Crippen molar-refractivity contribution >= 4 is 35.5 Å². The quantitative estimate of drug-likeness (QED) is 0.355. The monoisotopic (exact) mass is 447 g/mol. The van der Waals surface area contributed by atoms with Gasteiger partial charge in [0.25, 0.3) is 0 Å². The average Bonchev–Trinajstić information content (AvgIpc) is 3.13. The van der Waals surface area contributed by atoms with Crippen LogP contribution < -0.4 is 5.32 Å². The van der Waals surface area contributed by atoms with Crippen molar-refractivity contribution in [3.8, 4) is 0 Å². The minimum Gasteiger partial charge on any atom is -0.468 e. The highest BCUT2D eigenvalue weighted by molar-refractivity contribution is 6.25. The molecule has 0 saturated heterocycles. The number of benzene rings is 1. The minimum absolute atomic E-state index is 0.302. The molecule has 0 amide bonds. The zero-order valence-corrected chi connectivity index (χ0v) is 18.0. The summed E-state index contributed by atoms with van der Waals surface area (Å²) in [4.78, 5) is 64.6. The van der Waals surface area contributed by atoms with Crippen LogP contribution in [0, 0.1) is 5.41 Å². The van der Waals surface area contributed by atoms with E-state index in [0.29, 0.717) is 5.69 Å². The molecule has 0 saturated carbocycles. The summed E-state index contributed by atoms with van der Waals surface area (Å²) in [6.07, 6.45) is 0. The molecule has 1 aromatic rings. The van der Waals surface area contributed by atoms with E-state index >= 15 is 0 Å². The van der Waals surface area contributed by atoms with E-state index in [9.17, 15) is 24.0 Å². The molecule has 11 nitrogen and oxygen atoms in total. The van der Waals surface area contributed by atoms with Crippen LogP contribution in [0.25, 0.3) is 0 Å². The first-order chi connectivity index (χ1) is 15.3. The smallest absolute Gasteiger partial charge is 0.340 e. The maximum atomic E-state index is 13.1. The molecule has 11 heteroatoms. The lowest BCUT2D eigenvalue weighted by atomic mass is 9.78. The number of carbonyl (C=O) groups is 5. The molecular weight excluding hydrogens is 426 g/mol. The maximum absolute atomic E-state index is 13.1. The Balaban J connectivity index is 3.11. The highest BCUT2D eigenvalue weighted by atomic mass is 16.6. The Labute approximate surface area is 182 Å². The summed E-state index contributed by atoms with van der Waals surface area (Å²) in [7, 11) is 4.87. The third kappa shape index (κ3) is 3.68. The Morgan fingerprint density at radius 2 is 1.12 bits per heavy atom. The highest BCUT2D eigenvalue weighted by Gasteiger charge is 2.65. The maximum Gasteiger partial charge on any atom is 0.340 e. The van der Waals surface area contributed by atoms with Crippen molar-refractivity contribution in [3.63, 3.8) is 0 Å². The van der Waals surface area contributed by atoms with E-state index < -0.39 is 57.7 Å². The molecule has 1 aromatic carbocycles. The van der Waals surface area contributed by atoms with Gasteiger partial charge in [0.2, 0.25) is 5.41 Å². The second kappa shape index (κ2) is 9.77. The number of hydrogen-bond donors (Lipinski definition) is 1. The van der Waals surface area contributed by atoms with Gasteiger partial charge in [-0.2, -0.15) is 0 Å². The lowest BCUT2D eigenvalue weighted by Gasteiger charge is -2.29. The zero-order chi connectivity index (χ0) is 24.1. The summed E-state index contributed by atoms with van der Waals surface area (Å²) in [5, 5.41) is 2.77. The van der Waals surface area contributed by atoms with Crippen molar-refractivity contribution in [2.75, 3.05) is 40.9 Å². The van der Waals surface area contributed by atoms with Crippen molar-refractivity contribution < 1.29 is 47.7 Å². The molecule has 1 aliphatic carbocycles. The number of para-hydroxylation sites is 1. The number of carbonyl (C=O) groups excluding carboxylic acids is 5. The van der Waals surface area contributed by atoms with Gasteiger partial charge < -0.3 is 29.0 Å². The van der Waals surface area contributed by atoms with E-state index in [1.165, 1.54) is 0 Å². The summed E-state index contributed by atoms with van der Waals surface area (Å²) in [6.45, 7) is 0. The Bertz CT molecular complexity index is 1010. The first-order valence-electron chi connectivity index (χ1n) is 8.99. The molecule has 0 unspecified atom stereocenters. The predicted octanol–water partition coefficient (Wildman–Crippen LogP) is 0.514. The van der Waals surface area contributed by atoms with E-state index in [2.05, 4.69) is 5.32 Å². The van der Waals surface area contributed by atoms with E-state index in [-0.39, 0.29) is 0 Å². The number of methoxy groups -OCH3 is 5. The number of ether oxygens (including phenoxy) is 5. The van der Waals surface area contributed by atoms with Crippen LogP contribution in [-0.2, 0) is 47.7 Å². The van der Waals surface area contributed by atoms with Gasteiger partial charge in [-0.3, -0.25) is 9.59 Å². The first kappa shape index (κ1) is 24.1. The second-order valence-electron chi connectivity index (χ2n) is 6.20. The van der Waals surface area contributed by atoms with Gasteiger partial charge in [0, 0.05) is 5.69 Å². The summed E-state index contributed by atoms with van der Waals surface area (Å²) in [5.74, 6) is -6.24. The second-order valence-corrected chi connectivity index (χ2v) is 6.20. The van der Waals surface area contributed by atoms with Gasteiger partial charge in [-0.15, -0.1) is 0 Å². The number of esters is 5. The molecule has 0 radical (unpaired) electrons. The van der Waals surface area contributed by atoms with Gasteiger partial charge in [-0.1, -0.05) is 18.2 Å². The summed E-state index contributed by atoms with van der Waals surface area (Å²) in [6, 6.07) is 8.05. The van der Waals surface area contributed by atoms with Crippen LogP contribution in [-0.4, -0.2) is 65.4 Å². The van der Waals surface area contributed by atoms with Crippen LogP contribution in [0.4, 0.5) is 5.69 Å². The van der Waals surface area contributed by atoms with Crippen molar-refractivity contribution in [2.24, 2.45) is 5.41 Å². The number of nitrogens with one attached hydrogen (secondary N) is 1. The topological polar surface area (TPSA) is 144 Å². The largest absolute Gasteiger partial charge is 0.468 e. The SMILES string of the molecule is COC(=O)C1=C(Nc2ccccc2)C(C(=O)OC)(C(=O)OC)C(C(=O)OC)=C1C(=O)OC. The Morgan fingerprint density at radius 1 is 0.656 bits per heavy atom. The lowest BCUT2D eigenvalue weighted by Crippen LogP contribution is -2.47. The van der Waals surface area contributed by atoms with Crippen molar-refractivity contribution in [1.82, 2.24) is 0 Å². The van der Waals surface area contributed by atoms with Crippen LogP contribution in [0.3, 0.4) is 0 Å². The average molecular weight is 447 g/mol. The van der Waals surface area contributed by atoms with Crippen LogP contribution >= 0.6 is 0 Å². The Kier molecular flexibility index (Phi) is 7.37. The van der Waals surface area contributed by atoms with E-state index in [0.717, 1.165) is 35.5 Å². The van der Waals surface area contributed by atoms with Gasteiger partial charge in [-0.25, -0.2) is 14.4 Å². The van der Waals surface area contributed by atoms with Gasteiger partial charge >= 0.3 is 29.8 Å². The molecule has 1 N–H and O–H groups in total. The fourth-order valence-electron chi connectivity index (χ4n) is 3.34. The van der Waals surface area contributed by atoms with E-state index in [1.807, 2.05) is 0 Å². The van der Waals surface area contributed by atoms with E-state index in [4.69, 9.17) is 23.7 Å². The molecular formula is C21H21NO10. The molecule has 0 heterocycles. The van der Waals surface area contributed by atoms with Gasteiger partial charge in [0.15, 0.2) is 0 Å². The molecule has 1 aliphatic rings. The van der Waals surface area contributed by atoms with Crippen molar-refractivity contribution in [3.05, 3.63) is 52.7 Å². The lowest BCUT2D eigenvalue weighted by molar-refractivity contribution is -0.165. The molecule has 0 atom stereocenters. The predicted molar refractivity (Wildman–Crippen MR) is 107 cm³/mol. The molecule has 0 aliphatic heterocycles. The van der Waals surface area contributed by atoms with E-state index in [1.54, 1.807) is 30.3 Å². The molecule has 0 fully saturated rings. The first-order valence-corrected chi connectivity index (χ1v) is 8.99. The minimum atomic E-state index is -2.72. The fourth-order valence-corrected chi connectivity index (χ4v) is 3.34. The molecule has 32 heavy (non-hydrogen) atoms. The van der Waals surface area contributed by atoms with Gasteiger partial charge in [0.05, 0.1) is 58.0 Å². The number of anilines is 1. The highest BCUT2D eigenvalue weighted by Crippen LogP contribution is 2.50. The Morgan fingerprint density at radius 3 is 1.56 bits per heavy atom. The summed E-state index contributed by atoms with van der Waals surface area (Å²) >= 11 is 0. The third-order valence-corrected chi connectivity index (χ3v) is 4.69. The molecule has 0 aromatic heterocycles. The van der Waals surface area contributed by atoms with Crippen LogP contribution in [0.1, 0.15) is 0 Å². The van der Waals surface area contributed by atoms with Crippen molar-refractivity contribution in [1.29, 1.82) is 0 Å². The van der Waals surface area contributed by atoms with Crippen LogP contribution in [0.2, 0.25) is 0 Å². The van der Waals surface area contributed by atoms with Crippen LogP contribution in [0.15, 0.2) is 52.7 Å². The summed E-state index contributed by atoms with van der Waals surface area (Å²) in [5.41, 5.74) is -5.03. The number of hydrogen-bond acceptors (Lipinski definition) is 11. The normalized spacial score (nSPS) is 14.4. The van der Waals surface area contributed by atoms with Crippen LogP contribution in [0.5, 0.6) is 0 Å². The van der Waals surface area contributed by atoms with Crippen molar-refractivity contribution in [2.45, 2.75) is 0 Å². The van der Waals surface area contributed by atoms with Gasteiger partial charge in [0.1, 0.15) is 0 Å². The molecule has 2 rings (SSSR count). The molecule has 0 spiro atoms. The molecule has 170 valence electrons. The number of rotatable bonds is 7. The zero-order valence-electron chi connectivity index (χ0n) is 18.0. The molecule has 0 bridgehead atoms. The third-order valence-electron chi connectivity index (χ3n) is 4.69. The Hall–Kier alpha value is -4.15. The summed E-state index contributed by atoms with van der Waals surface area (Å²) < 4.78 is 23.9. The van der Waals surface area contributed by atoms with Gasteiger partial charge in [-0.05, 0) is 12.1 Å². The fraction of sp³-hybridized carbons (Fsp3) is 0.286.